The van der Waals surface area contributed by atoms with Crippen molar-refractivity contribution in [1.82, 2.24) is 9.88 Å². The first kappa shape index (κ1) is 23.9. The van der Waals surface area contributed by atoms with Gasteiger partial charge in [-0.3, -0.25) is 9.69 Å². The topological polar surface area (TPSA) is 36.4 Å². The Kier molecular flexibility index (Phi) is 8.32. The minimum Gasteiger partial charge on any atom is -0.309 e. The summed E-state index contributed by atoms with van der Waals surface area (Å²) >= 11 is 13.8. The van der Waals surface area contributed by atoms with E-state index in [0.29, 0.717) is 27.3 Å². The predicted octanol–water partition coefficient (Wildman–Crippen LogP) is 6.24. The molecule has 8 heteroatoms. The van der Waals surface area contributed by atoms with Crippen molar-refractivity contribution in [3.63, 3.8) is 0 Å². The fraction of sp³-hybridized carbons (Fsp3) is 0.333. The first-order valence-electron chi connectivity index (χ1n) is 9.05. The van der Waals surface area contributed by atoms with Crippen molar-refractivity contribution >= 4 is 68.2 Å². The highest BCUT2D eigenvalue weighted by Crippen LogP contribution is 2.33. The van der Waals surface area contributed by atoms with Crippen LogP contribution in [0.1, 0.15) is 27.9 Å². The molecule has 1 aromatic heterocycles. The Labute approximate surface area is 191 Å². The second-order valence-electron chi connectivity index (χ2n) is 7.20. The number of fused-ring (bicyclic) bond motifs is 1. The number of carbonyl (C=O) groups excluding carboxylic acids is 1. The molecule has 0 N–H and O–H groups in total. The van der Waals surface area contributed by atoms with Crippen LogP contribution in [0.4, 0.5) is 5.13 Å². The van der Waals surface area contributed by atoms with Gasteiger partial charge in [0.05, 0.1) is 10.2 Å². The number of amides is 1. The second kappa shape index (κ2) is 10.1. The average Bonchev–Trinajstić information content (AvgIpc) is 3.01. The molecule has 0 saturated carbocycles. The third-order valence-corrected chi connectivity index (χ3v) is 6.05. The van der Waals surface area contributed by atoms with E-state index in [1.165, 1.54) is 5.56 Å². The molecule has 0 fully saturated rings. The second-order valence-corrected chi connectivity index (χ2v) is 9.05. The van der Waals surface area contributed by atoms with Crippen molar-refractivity contribution in [1.29, 1.82) is 0 Å². The smallest absolute Gasteiger partial charge is 0.260 e. The van der Waals surface area contributed by atoms with Gasteiger partial charge in [0.15, 0.2) is 5.13 Å². The van der Waals surface area contributed by atoms with Gasteiger partial charge in [0.2, 0.25) is 0 Å². The largest absolute Gasteiger partial charge is 0.309 e. The lowest BCUT2D eigenvalue weighted by atomic mass is 10.1. The molecule has 29 heavy (non-hydrogen) atoms. The summed E-state index contributed by atoms with van der Waals surface area (Å²) < 4.78 is 1.11. The van der Waals surface area contributed by atoms with E-state index in [1.807, 2.05) is 14.1 Å². The number of halogens is 3. The van der Waals surface area contributed by atoms with Crippen molar-refractivity contribution in [3.8, 4) is 0 Å². The molecule has 2 aromatic carbocycles. The normalized spacial score (nSPS) is 11.0. The third-order valence-electron chi connectivity index (χ3n) is 4.38. The van der Waals surface area contributed by atoms with Crippen LogP contribution in [0.5, 0.6) is 0 Å². The van der Waals surface area contributed by atoms with Crippen LogP contribution in [0.3, 0.4) is 0 Å². The Morgan fingerprint density at radius 1 is 1.03 bits per heavy atom. The van der Waals surface area contributed by atoms with Gasteiger partial charge in [-0.2, -0.15) is 0 Å². The lowest BCUT2D eigenvalue weighted by Crippen LogP contribution is -2.33. The van der Waals surface area contributed by atoms with E-state index in [0.717, 1.165) is 28.7 Å². The highest BCUT2D eigenvalue weighted by Gasteiger charge is 2.22. The monoisotopic (exact) mass is 471 g/mol. The number of aromatic nitrogens is 1. The Morgan fingerprint density at radius 2 is 1.69 bits per heavy atom. The fourth-order valence-electron chi connectivity index (χ4n) is 3.14. The SMILES string of the molecule is Cc1cc(C)c2sc(N(CCCN(C)C)C(=O)c3cc(Cl)cc(Cl)c3)nc2c1.Cl. The van der Waals surface area contributed by atoms with E-state index in [-0.39, 0.29) is 18.3 Å². The Morgan fingerprint density at radius 3 is 2.31 bits per heavy atom. The maximum Gasteiger partial charge on any atom is 0.260 e. The molecule has 0 bridgehead atoms. The van der Waals surface area contributed by atoms with Crippen molar-refractivity contribution in [2.24, 2.45) is 0 Å². The number of anilines is 1. The summed E-state index contributed by atoms with van der Waals surface area (Å²) in [7, 11) is 4.04. The van der Waals surface area contributed by atoms with Gasteiger partial charge in [-0.1, -0.05) is 40.6 Å². The lowest BCUT2D eigenvalue weighted by Gasteiger charge is -2.21. The Hall–Kier alpha value is -1.37. The van der Waals surface area contributed by atoms with Gasteiger partial charge in [-0.05, 0) is 76.3 Å². The molecule has 1 amide bonds. The highest BCUT2D eigenvalue weighted by molar-refractivity contribution is 7.22. The number of aryl methyl sites for hydroxylation is 2. The number of carbonyl (C=O) groups is 1. The van der Waals surface area contributed by atoms with Crippen LogP contribution in [0.25, 0.3) is 10.2 Å². The van der Waals surface area contributed by atoms with Crippen molar-refractivity contribution in [3.05, 3.63) is 57.1 Å². The molecule has 3 rings (SSSR count). The number of hydrogen-bond acceptors (Lipinski definition) is 4. The van der Waals surface area contributed by atoms with Crippen molar-refractivity contribution < 1.29 is 4.79 Å². The molecule has 4 nitrogen and oxygen atoms in total. The number of thiazole rings is 1. The standard InChI is InChI=1S/C21H23Cl2N3OS.ClH/c1-13-8-14(2)19-18(9-13)24-21(28-19)26(7-5-6-25(3)4)20(27)15-10-16(22)12-17(23)11-15;/h8-12H,5-7H2,1-4H3;1H. The maximum atomic E-state index is 13.3. The molecule has 1 heterocycles. The van der Waals surface area contributed by atoms with Crippen LogP contribution >= 0.6 is 46.9 Å². The zero-order chi connectivity index (χ0) is 20.4. The van der Waals surface area contributed by atoms with Gasteiger partial charge < -0.3 is 4.90 Å². The Balaban J connectivity index is 0.00000300. The summed E-state index contributed by atoms with van der Waals surface area (Å²) in [5.41, 5.74) is 3.72. The van der Waals surface area contributed by atoms with Gasteiger partial charge >= 0.3 is 0 Å². The molecule has 156 valence electrons. The molecular weight excluding hydrogens is 449 g/mol. The van der Waals surface area contributed by atoms with E-state index < -0.39 is 0 Å². The van der Waals surface area contributed by atoms with Gasteiger partial charge in [0.25, 0.3) is 5.91 Å². The number of hydrogen-bond donors (Lipinski definition) is 0. The summed E-state index contributed by atoms with van der Waals surface area (Å²) in [6, 6.07) is 9.12. The summed E-state index contributed by atoms with van der Waals surface area (Å²) in [5, 5.41) is 1.59. The Bertz CT molecular complexity index is 1000. The first-order valence-corrected chi connectivity index (χ1v) is 10.6. The fourth-order valence-corrected chi connectivity index (χ4v) is 4.71. The molecule has 0 saturated heterocycles. The van der Waals surface area contributed by atoms with Crippen LogP contribution in [-0.2, 0) is 0 Å². The lowest BCUT2D eigenvalue weighted by molar-refractivity contribution is 0.0986. The van der Waals surface area contributed by atoms with E-state index in [2.05, 4.69) is 30.9 Å². The minimum absolute atomic E-state index is 0. The highest BCUT2D eigenvalue weighted by atomic mass is 35.5. The van der Waals surface area contributed by atoms with Crippen LogP contribution in [0.15, 0.2) is 30.3 Å². The van der Waals surface area contributed by atoms with Crippen molar-refractivity contribution in [2.45, 2.75) is 20.3 Å². The van der Waals surface area contributed by atoms with Gasteiger partial charge in [-0.15, -0.1) is 12.4 Å². The average molecular weight is 473 g/mol. The van der Waals surface area contributed by atoms with E-state index in [9.17, 15) is 4.79 Å². The maximum absolute atomic E-state index is 13.3. The zero-order valence-corrected chi connectivity index (χ0v) is 20.0. The van der Waals surface area contributed by atoms with Gasteiger partial charge in [-0.25, -0.2) is 4.98 Å². The molecule has 0 aliphatic heterocycles. The molecule has 0 radical (unpaired) electrons. The third kappa shape index (κ3) is 5.83. The quantitative estimate of drug-likeness (QED) is 0.426. The van der Waals surface area contributed by atoms with Gasteiger partial charge in [0.1, 0.15) is 0 Å². The number of benzene rings is 2. The summed E-state index contributed by atoms with van der Waals surface area (Å²) in [6.07, 6.45) is 0.834. The minimum atomic E-state index is -0.142. The van der Waals surface area contributed by atoms with Crippen LogP contribution in [0.2, 0.25) is 10.0 Å². The zero-order valence-electron chi connectivity index (χ0n) is 16.8. The summed E-state index contributed by atoms with van der Waals surface area (Å²) in [4.78, 5) is 21.9. The van der Waals surface area contributed by atoms with E-state index in [4.69, 9.17) is 28.2 Å². The molecule has 0 aliphatic carbocycles. The summed E-state index contributed by atoms with van der Waals surface area (Å²) in [5.74, 6) is -0.142. The molecule has 3 aromatic rings. The predicted molar refractivity (Wildman–Crippen MR) is 128 cm³/mol. The van der Waals surface area contributed by atoms with Crippen molar-refractivity contribution in [2.75, 3.05) is 32.1 Å². The van der Waals surface area contributed by atoms with Crippen LogP contribution < -0.4 is 4.90 Å². The van der Waals surface area contributed by atoms with Crippen LogP contribution in [0, 0.1) is 13.8 Å². The summed E-state index contributed by atoms with van der Waals surface area (Å²) in [6.45, 7) is 5.58. The van der Waals surface area contributed by atoms with E-state index in [1.54, 1.807) is 34.4 Å². The molecule has 0 unspecified atom stereocenters. The van der Waals surface area contributed by atoms with E-state index >= 15 is 0 Å². The number of nitrogens with zero attached hydrogens (tertiary/aromatic N) is 3. The van der Waals surface area contributed by atoms with Gasteiger partial charge in [0, 0.05) is 22.2 Å². The molecule has 0 spiro atoms. The first-order chi connectivity index (χ1) is 13.2. The molecular formula is C21H24Cl3N3OS. The van der Waals surface area contributed by atoms with Crippen LogP contribution in [-0.4, -0.2) is 43.0 Å². The molecule has 0 atom stereocenters. The molecule has 0 aliphatic rings. The number of rotatable bonds is 6.